The monoisotopic (exact) mass is 901 g/mol. The number of quaternary nitrogens is 2. The lowest BCUT2D eigenvalue weighted by atomic mass is 9.80. The molecule has 2 aromatic carbocycles. The molecule has 0 heterocycles. The van der Waals surface area contributed by atoms with Crippen LogP contribution in [0.1, 0.15) is 36.8 Å². The van der Waals surface area contributed by atoms with Gasteiger partial charge in [0.2, 0.25) is 24.6 Å². The standard InChI is InChI=1S/C46H72N6O12/c1-59-27-23-51(37-55,24-28-60-2)33-49(31-47(35-53)21-19-39-7-15-43(63-5)16-8-39)45(57)41-11-13-42(14-12-41)46(58)50(34-52(38-56,25-29-61-3)26-30-62-4)32-48(36-54)22-20-40-9-17-44(64-6)18-10-40/h7-10,15-18,35-38,41-42H,11-14,19-34H2,1-6H3/q+2. The molecule has 18 heteroatoms. The molecular formula is C46H72N6O12+2. The first-order chi connectivity index (χ1) is 31.0. The second kappa shape index (κ2) is 28.7. The van der Waals surface area contributed by atoms with Crippen LogP contribution in [-0.2, 0) is 60.6 Å². The van der Waals surface area contributed by atoms with Crippen LogP contribution in [-0.4, -0.2) is 201 Å². The number of amides is 6. The second-order valence-corrected chi connectivity index (χ2v) is 16.4. The summed E-state index contributed by atoms with van der Waals surface area (Å²) in [6.45, 7) is 2.67. The summed E-state index contributed by atoms with van der Waals surface area (Å²) in [7, 11) is 9.36. The maximum atomic E-state index is 14.7. The fourth-order valence-electron chi connectivity index (χ4n) is 7.91. The molecule has 18 nitrogen and oxygen atoms in total. The van der Waals surface area contributed by atoms with Gasteiger partial charge in [-0.25, -0.2) is 18.6 Å². The molecule has 0 radical (unpaired) electrons. The summed E-state index contributed by atoms with van der Waals surface area (Å²) < 4.78 is 31.7. The maximum absolute atomic E-state index is 14.7. The maximum Gasteiger partial charge on any atom is 0.303 e. The Hall–Kier alpha value is -4.98. The number of methoxy groups -OCH3 is 6. The molecule has 0 unspecified atom stereocenters. The Morgan fingerprint density at radius 3 is 1.09 bits per heavy atom. The molecule has 64 heavy (non-hydrogen) atoms. The van der Waals surface area contributed by atoms with Crippen molar-refractivity contribution in [3.05, 3.63) is 59.7 Å². The normalized spacial score (nSPS) is 15.2. The fourth-order valence-corrected chi connectivity index (χ4v) is 7.91. The van der Waals surface area contributed by atoms with E-state index in [2.05, 4.69) is 0 Å². The summed E-state index contributed by atoms with van der Waals surface area (Å²) in [6.07, 6.45) is 5.59. The Morgan fingerprint density at radius 1 is 0.531 bits per heavy atom. The number of rotatable bonds is 34. The summed E-state index contributed by atoms with van der Waals surface area (Å²) in [5.41, 5.74) is 1.96. The Labute approximate surface area is 379 Å². The average molecular weight is 901 g/mol. The number of hydrogen-bond acceptors (Lipinski definition) is 12. The van der Waals surface area contributed by atoms with Crippen molar-refractivity contribution in [2.75, 3.05) is 135 Å². The molecule has 3 rings (SSSR count). The van der Waals surface area contributed by atoms with E-state index in [1.807, 2.05) is 48.5 Å². The van der Waals surface area contributed by atoms with Crippen molar-refractivity contribution in [3.8, 4) is 11.5 Å². The minimum Gasteiger partial charge on any atom is -0.497 e. The van der Waals surface area contributed by atoms with Gasteiger partial charge in [-0.3, -0.25) is 29.0 Å². The molecular weight excluding hydrogens is 829 g/mol. The predicted molar refractivity (Wildman–Crippen MR) is 237 cm³/mol. The molecule has 0 aliphatic heterocycles. The zero-order valence-electron chi connectivity index (χ0n) is 38.8. The lowest BCUT2D eigenvalue weighted by Crippen LogP contribution is -2.60. The summed E-state index contributed by atoms with van der Waals surface area (Å²) >= 11 is 0. The van der Waals surface area contributed by atoms with E-state index in [4.69, 9.17) is 28.4 Å². The van der Waals surface area contributed by atoms with Gasteiger partial charge in [0.15, 0.2) is 13.3 Å². The van der Waals surface area contributed by atoms with Gasteiger partial charge in [0, 0.05) is 53.4 Å². The number of benzene rings is 2. The first-order valence-corrected chi connectivity index (χ1v) is 21.8. The molecule has 0 saturated heterocycles. The van der Waals surface area contributed by atoms with E-state index in [1.54, 1.807) is 52.5 Å². The van der Waals surface area contributed by atoms with Gasteiger partial charge in [-0.05, 0) is 73.9 Å². The third-order valence-corrected chi connectivity index (χ3v) is 12.1. The molecule has 0 aromatic heterocycles. The quantitative estimate of drug-likeness (QED) is 0.0572. The van der Waals surface area contributed by atoms with Crippen LogP contribution in [0.15, 0.2) is 48.5 Å². The largest absolute Gasteiger partial charge is 0.497 e. The van der Waals surface area contributed by atoms with Gasteiger partial charge in [-0.15, -0.1) is 0 Å². The third-order valence-electron chi connectivity index (χ3n) is 12.1. The van der Waals surface area contributed by atoms with E-state index >= 15 is 0 Å². The molecule has 0 bridgehead atoms. The van der Waals surface area contributed by atoms with Crippen molar-refractivity contribution < 1.29 is 66.2 Å². The highest BCUT2D eigenvalue weighted by Crippen LogP contribution is 2.32. The lowest BCUT2D eigenvalue weighted by Gasteiger charge is -2.41. The molecule has 0 N–H and O–H groups in total. The van der Waals surface area contributed by atoms with E-state index in [1.165, 1.54) is 9.80 Å². The van der Waals surface area contributed by atoms with Crippen LogP contribution >= 0.6 is 0 Å². The van der Waals surface area contributed by atoms with Crippen molar-refractivity contribution in [2.24, 2.45) is 11.8 Å². The first-order valence-electron chi connectivity index (χ1n) is 21.8. The van der Waals surface area contributed by atoms with Gasteiger partial charge in [0.05, 0.1) is 40.6 Å². The number of nitrogens with zero attached hydrogens (tertiary/aromatic N) is 6. The average Bonchev–Trinajstić information content (AvgIpc) is 3.34. The minimum absolute atomic E-state index is 0.0126. The van der Waals surface area contributed by atoms with Crippen molar-refractivity contribution in [1.29, 1.82) is 0 Å². The van der Waals surface area contributed by atoms with Crippen LogP contribution in [0.25, 0.3) is 0 Å². The SMILES string of the molecule is COCC[N+](C=O)(CCOC)CN(CN(C=O)CCc1ccc(OC)cc1)C(=O)C1CCC(C(=O)N(CN(C=O)CCc2ccc(OC)cc2)C[N+](C=O)(CCOC)CCOC)CC1. The zero-order chi connectivity index (χ0) is 46.8. The van der Waals surface area contributed by atoms with E-state index in [-0.39, 0.29) is 100 Å². The van der Waals surface area contributed by atoms with Crippen molar-refractivity contribution >= 4 is 37.5 Å². The van der Waals surface area contributed by atoms with E-state index in [0.717, 1.165) is 23.9 Å². The van der Waals surface area contributed by atoms with Gasteiger partial charge in [-0.1, -0.05) is 24.3 Å². The molecule has 0 spiro atoms. The van der Waals surface area contributed by atoms with Crippen LogP contribution in [0, 0.1) is 11.8 Å². The smallest absolute Gasteiger partial charge is 0.303 e. The highest BCUT2D eigenvalue weighted by atomic mass is 16.5. The number of carbonyl (C=O) groups excluding carboxylic acids is 6. The van der Waals surface area contributed by atoms with Gasteiger partial charge in [0.25, 0.3) is 0 Å². The molecule has 1 aliphatic rings. The minimum atomic E-state index is -0.491. The molecule has 1 saturated carbocycles. The highest BCUT2D eigenvalue weighted by Gasteiger charge is 2.40. The van der Waals surface area contributed by atoms with Gasteiger partial charge in [-0.2, -0.15) is 0 Å². The van der Waals surface area contributed by atoms with Crippen LogP contribution in [0.2, 0.25) is 0 Å². The van der Waals surface area contributed by atoms with Gasteiger partial charge < -0.3 is 38.2 Å². The summed E-state index contributed by atoms with van der Waals surface area (Å²) in [4.78, 5) is 86.3. The molecule has 6 amide bonds. The van der Waals surface area contributed by atoms with Crippen LogP contribution in [0.4, 0.5) is 0 Å². The zero-order valence-corrected chi connectivity index (χ0v) is 38.8. The predicted octanol–water partition coefficient (Wildman–Crippen LogP) is 2.23. The molecule has 1 fully saturated rings. The van der Waals surface area contributed by atoms with Gasteiger partial charge in [0.1, 0.15) is 51.0 Å². The van der Waals surface area contributed by atoms with Gasteiger partial charge >= 0.3 is 12.8 Å². The number of carbonyl (C=O) groups is 6. The molecule has 2 aromatic rings. The lowest BCUT2D eigenvalue weighted by molar-refractivity contribution is -0.856. The van der Waals surface area contributed by atoms with Crippen LogP contribution in [0.3, 0.4) is 0 Å². The molecule has 356 valence electrons. The van der Waals surface area contributed by atoms with E-state index in [9.17, 15) is 28.8 Å². The van der Waals surface area contributed by atoms with Crippen molar-refractivity contribution in [2.45, 2.75) is 38.5 Å². The first kappa shape index (κ1) is 53.4. The summed E-state index contributed by atoms with van der Waals surface area (Å²) in [5, 5.41) is 0. The molecule has 0 atom stereocenters. The Bertz CT molecular complexity index is 1550. The highest BCUT2D eigenvalue weighted by molar-refractivity contribution is 5.81. The molecule has 1 aliphatic carbocycles. The van der Waals surface area contributed by atoms with Crippen LogP contribution in [0.5, 0.6) is 11.5 Å². The van der Waals surface area contributed by atoms with E-state index < -0.39 is 11.8 Å². The number of hydrogen-bond donors (Lipinski definition) is 0. The summed E-state index contributed by atoms with van der Waals surface area (Å²) in [5.74, 6) is 0.00548. The Balaban J connectivity index is 1.87. The second-order valence-electron chi connectivity index (χ2n) is 16.4. The van der Waals surface area contributed by atoms with Crippen LogP contribution < -0.4 is 9.47 Å². The van der Waals surface area contributed by atoms with E-state index in [0.29, 0.717) is 75.9 Å². The Kier molecular flexibility index (Phi) is 24.0. The van der Waals surface area contributed by atoms with Crippen molar-refractivity contribution in [3.63, 3.8) is 0 Å². The topological polar surface area (TPSA) is 171 Å². The number of ether oxygens (including phenoxy) is 6. The fraction of sp³-hybridized carbons (Fsp3) is 0.609. The van der Waals surface area contributed by atoms with Crippen molar-refractivity contribution in [1.82, 2.24) is 19.6 Å². The Morgan fingerprint density at radius 2 is 0.844 bits per heavy atom. The summed E-state index contributed by atoms with van der Waals surface area (Å²) in [6, 6.07) is 15.1. The third kappa shape index (κ3) is 16.9.